The van der Waals surface area contributed by atoms with Crippen LogP contribution >= 0.6 is 0 Å². The van der Waals surface area contributed by atoms with Gasteiger partial charge in [-0.3, -0.25) is 18.9 Å². The van der Waals surface area contributed by atoms with Gasteiger partial charge >= 0.3 is 10.3 Å². The molecule has 1 heterocycles. The molecule has 36 heavy (non-hydrogen) atoms. The number of nitrogens with zero attached hydrogens (tertiary/aromatic N) is 1. The molecule has 3 aromatic carbocycles. The molecule has 0 fully saturated rings. The largest absolute Gasteiger partial charge is 0.357 e. The molecular weight excluding hydrogens is 506 g/mol. The molecule has 0 saturated carbocycles. The third-order valence-electron chi connectivity index (χ3n) is 6.12. The number of carbonyl (C=O) groups excluding carboxylic acids is 2. The van der Waals surface area contributed by atoms with Crippen LogP contribution < -0.4 is 10.0 Å². The van der Waals surface area contributed by atoms with Crippen LogP contribution in [0.25, 0.3) is 10.8 Å². The van der Waals surface area contributed by atoms with Gasteiger partial charge in [-0.2, -0.15) is 8.42 Å². The van der Waals surface area contributed by atoms with E-state index in [0.29, 0.717) is 10.9 Å². The number of sulfone groups is 1. The van der Waals surface area contributed by atoms with Crippen molar-refractivity contribution in [2.24, 2.45) is 0 Å². The van der Waals surface area contributed by atoms with E-state index in [-0.39, 0.29) is 30.0 Å². The molecule has 4 rings (SSSR count). The number of amides is 2. The molecule has 0 spiro atoms. The molecule has 190 valence electrons. The van der Waals surface area contributed by atoms with Gasteiger partial charge in [0.25, 0.3) is 0 Å². The van der Waals surface area contributed by atoms with Crippen LogP contribution in [0, 0.1) is 0 Å². The lowest BCUT2D eigenvalue weighted by molar-refractivity contribution is -0.141. The number of fused-ring (bicyclic) bond motifs is 2. The van der Waals surface area contributed by atoms with E-state index in [1.807, 2.05) is 22.9 Å². The van der Waals surface area contributed by atoms with Crippen LogP contribution in [0.5, 0.6) is 0 Å². The SMILES string of the molecule is CNC(=O)C1Cc2ccc(NS(=O)(=O)O)cc2CN1C(=O)CCS(=O)(=O)c1cccc2ccccc12. The Morgan fingerprint density at radius 2 is 1.72 bits per heavy atom. The van der Waals surface area contributed by atoms with Crippen LogP contribution in [0.3, 0.4) is 0 Å². The van der Waals surface area contributed by atoms with Gasteiger partial charge in [0.2, 0.25) is 11.8 Å². The molecule has 10 nitrogen and oxygen atoms in total. The van der Waals surface area contributed by atoms with E-state index < -0.39 is 43.8 Å². The Balaban J connectivity index is 1.58. The third-order valence-corrected chi connectivity index (χ3v) is 8.38. The van der Waals surface area contributed by atoms with E-state index in [1.54, 1.807) is 24.3 Å². The molecule has 1 atom stereocenters. The predicted octanol–water partition coefficient (Wildman–Crippen LogP) is 1.92. The minimum atomic E-state index is -4.49. The molecule has 0 bridgehead atoms. The van der Waals surface area contributed by atoms with Crippen LogP contribution in [-0.2, 0) is 42.7 Å². The minimum Gasteiger partial charge on any atom is -0.357 e. The minimum absolute atomic E-state index is 0.0262. The molecule has 2 amide bonds. The number of carbonyl (C=O) groups is 2. The molecule has 0 aromatic heterocycles. The molecule has 0 saturated heterocycles. The second-order valence-electron chi connectivity index (χ2n) is 8.46. The molecule has 1 aliphatic rings. The Bertz CT molecular complexity index is 1550. The van der Waals surface area contributed by atoms with Gasteiger partial charge < -0.3 is 10.2 Å². The zero-order valence-corrected chi connectivity index (χ0v) is 21.0. The van der Waals surface area contributed by atoms with E-state index in [9.17, 15) is 26.4 Å². The number of hydrogen-bond donors (Lipinski definition) is 3. The molecule has 0 radical (unpaired) electrons. The number of nitrogens with one attached hydrogen (secondary N) is 2. The average molecular weight is 532 g/mol. The van der Waals surface area contributed by atoms with Crippen molar-refractivity contribution in [3.63, 3.8) is 0 Å². The second-order valence-corrected chi connectivity index (χ2v) is 11.7. The van der Waals surface area contributed by atoms with Gasteiger partial charge in [-0.15, -0.1) is 0 Å². The van der Waals surface area contributed by atoms with E-state index in [4.69, 9.17) is 4.55 Å². The van der Waals surface area contributed by atoms with Crippen LogP contribution in [0.15, 0.2) is 65.6 Å². The highest BCUT2D eigenvalue weighted by molar-refractivity contribution is 7.91. The van der Waals surface area contributed by atoms with Crippen molar-refractivity contribution < 1.29 is 31.0 Å². The van der Waals surface area contributed by atoms with Gasteiger partial charge in [0, 0.05) is 31.8 Å². The van der Waals surface area contributed by atoms with Crippen LogP contribution in [-0.4, -0.2) is 56.9 Å². The molecule has 1 unspecified atom stereocenters. The van der Waals surface area contributed by atoms with Gasteiger partial charge in [-0.1, -0.05) is 42.5 Å². The number of anilines is 1. The van der Waals surface area contributed by atoms with Gasteiger partial charge in [0.1, 0.15) is 6.04 Å². The summed E-state index contributed by atoms with van der Waals surface area (Å²) in [6.45, 7) is -0.0262. The first kappa shape index (κ1) is 25.6. The Morgan fingerprint density at radius 1 is 1.00 bits per heavy atom. The van der Waals surface area contributed by atoms with E-state index >= 15 is 0 Å². The molecule has 3 N–H and O–H groups in total. The first-order chi connectivity index (χ1) is 17.0. The molecular formula is C24H25N3O7S2. The van der Waals surface area contributed by atoms with Gasteiger partial charge in [0.15, 0.2) is 9.84 Å². The molecule has 3 aromatic rings. The fraction of sp³-hybridized carbons (Fsp3) is 0.250. The summed E-state index contributed by atoms with van der Waals surface area (Å²) in [5, 5.41) is 3.88. The topological polar surface area (TPSA) is 150 Å². The maximum atomic E-state index is 13.2. The summed E-state index contributed by atoms with van der Waals surface area (Å²) in [5.41, 5.74) is 1.41. The summed E-state index contributed by atoms with van der Waals surface area (Å²) < 4.78 is 59.6. The number of benzene rings is 3. The molecule has 12 heteroatoms. The van der Waals surface area contributed by atoms with E-state index in [2.05, 4.69) is 5.32 Å². The lowest BCUT2D eigenvalue weighted by Crippen LogP contribution is -2.52. The zero-order valence-electron chi connectivity index (χ0n) is 19.3. The van der Waals surface area contributed by atoms with Crippen molar-refractivity contribution in [1.29, 1.82) is 0 Å². The number of rotatable bonds is 7. The van der Waals surface area contributed by atoms with E-state index in [1.165, 1.54) is 30.1 Å². The van der Waals surface area contributed by atoms with Crippen LogP contribution in [0.2, 0.25) is 0 Å². The average Bonchev–Trinajstić information content (AvgIpc) is 2.84. The zero-order chi connectivity index (χ0) is 26.1. The van der Waals surface area contributed by atoms with Gasteiger partial charge in [0.05, 0.1) is 16.3 Å². The van der Waals surface area contributed by atoms with Crippen molar-refractivity contribution in [2.45, 2.75) is 30.3 Å². The quantitative estimate of drug-likeness (QED) is 0.394. The Hall–Kier alpha value is -3.48. The Labute approximate surface area is 209 Å². The summed E-state index contributed by atoms with van der Waals surface area (Å²) in [5.74, 6) is -1.36. The molecule has 1 aliphatic heterocycles. The van der Waals surface area contributed by atoms with Crippen molar-refractivity contribution in [2.75, 3.05) is 17.5 Å². The van der Waals surface area contributed by atoms with Gasteiger partial charge in [-0.25, -0.2) is 8.42 Å². The summed E-state index contributed by atoms with van der Waals surface area (Å²) in [6, 6.07) is 15.7. The number of likely N-dealkylation sites (N-methyl/N-ethyl adjacent to an activating group) is 1. The van der Waals surface area contributed by atoms with Crippen LogP contribution in [0.4, 0.5) is 5.69 Å². The van der Waals surface area contributed by atoms with Gasteiger partial charge in [-0.05, 0) is 34.7 Å². The maximum Gasteiger partial charge on any atom is 0.357 e. The third kappa shape index (κ3) is 5.50. The summed E-state index contributed by atoms with van der Waals surface area (Å²) in [4.78, 5) is 27.2. The highest BCUT2D eigenvalue weighted by atomic mass is 32.2. The normalized spacial score (nSPS) is 15.8. The first-order valence-electron chi connectivity index (χ1n) is 11.1. The fourth-order valence-electron chi connectivity index (χ4n) is 4.40. The fourth-order valence-corrected chi connectivity index (χ4v) is 6.30. The lowest BCUT2D eigenvalue weighted by Gasteiger charge is -2.36. The van der Waals surface area contributed by atoms with E-state index in [0.717, 1.165) is 10.9 Å². The standard InChI is InChI=1S/C24H25N3O7S2/c1-25-24(29)21-14-17-9-10-19(26-36(32,33)34)13-18(17)15-27(21)23(28)11-12-35(30,31)22-8-4-6-16-5-2-3-7-20(16)22/h2-10,13,21,26H,11-12,14-15H2,1H3,(H,25,29)(H,32,33,34). The monoisotopic (exact) mass is 531 g/mol. The summed E-state index contributed by atoms with van der Waals surface area (Å²) >= 11 is 0. The highest BCUT2D eigenvalue weighted by Gasteiger charge is 2.35. The summed E-state index contributed by atoms with van der Waals surface area (Å²) in [6.07, 6.45) is -0.166. The summed E-state index contributed by atoms with van der Waals surface area (Å²) in [7, 11) is -6.85. The Morgan fingerprint density at radius 3 is 2.44 bits per heavy atom. The van der Waals surface area contributed by atoms with Crippen LogP contribution in [0.1, 0.15) is 17.5 Å². The van der Waals surface area contributed by atoms with Crippen molar-refractivity contribution >= 4 is 48.4 Å². The maximum absolute atomic E-state index is 13.2. The highest BCUT2D eigenvalue weighted by Crippen LogP contribution is 2.28. The van der Waals surface area contributed by atoms with Crippen molar-refractivity contribution in [3.8, 4) is 0 Å². The van der Waals surface area contributed by atoms with Crippen molar-refractivity contribution in [3.05, 3.63) is 71.8 Å². The smallest absolute Gasteiger partial charge is 0.357 e. The van der Waals surface area contributed by atoms with Crippen molar-refractivity contribution in [1.82, 2.24) is 10.2 Å². The Kier molecular flexibility index (Phi) is 7.03. The predicted molar refractivity (Wildman–Crippen MR) is 134 cm³/mol. The second kappa shape index (κ2) is 9.88. The lowest BCUT2D eigenvalue weighted by atomic mass is 9.92. The number of hydrogen-bond acceptors (Lipinski definition) is 6. The first-order valence-corrected chi connectivity index (χ1v) is 14.2. The molecule has 0 aliphatic carbocycles.